The molecule has 0 aliphatic carbocycles. The molecule has 16 heavy (non-hydrogen) atoms. The van der Waals surface area contributed by atoms with Crippen LogP contribution in [-0.2, 0) is 6.42 Å². The van der Waals surface area contributed by atoms with Gasteiger partial charge < -0.3 is 4.52 Å². The van der Waals surface area contributed by atoms with Crippen LogP contribution < -0.4 is 0 Å². The van der Waals surface area contributed by atoms with Crippen molar-refractivity contribution in [1.29, 1.82) is 0 Å². The van der Waals surface area contributed by atoms with E-state index in [-0.39, 0.29) is 12.1 Å². The Bertz CT molecular complexity index is 522. The zero-order valence-corrected chi connectivity index (χ0v) is 8.11. The minimum absolute atomic E-state index is 0.178. The number of carbonyl (C=O) groups excluding carboxylic acids is 1. The Morgan fingerprint density at radius 3 is 2.69 bits per heavy atom. The van der Waals surface area contributed by atoms with Gasteiger partial charge in [0.2, 0.25) is 0 Å². The van der Waals surface area contributed by atoms with Crippen molar-refractivity contribution in [1.82, 2.24) is 5.16 Å². The van der Waals surface area contributed by atoms with Gasteiger partial charge in [0, 0.05) is 12.5 Å². The molecule has 0 atom stereocenters. The third-order valence-corrected chi connectivity index (χ3v) is 2.06. The minimum atomic E-state index is -0.910. The highest BCUT2D eigenvalue weighted by molar-refractivity contribution is 5.71. The second kappa shape index (κ2) is 4.22. The second-order valence-corrected chi connectivity index (χ2v) is 3.26. The molecule has 5 heteroatoms. The molecule has 0 fully saturated rings. The number of rotatable bonds is 3. The average Bonchev–Trinajstić information content (AvgIpc) is 2.71. The quantitative estimate of drug-likeness (QED) is 0.750. The van der Waals surface area contributed by atoms with E-state index in [0.717, 1.165) is 12.1 Å². The zero-order chi connectivity index (χ0) is 11.5. The van der Waals surface area contributed by atoms with Crippen molar-refractivity contribution in [2.75, 3.05) is 0 Å². The van der Waals surface area contributed by atoms with E-state index in [9.17, 15) is 13.6 Å². The molecule has 0 saturated heterocycles. The molecule has 0 unspecified atom stereocenters. The molecule has 2 aromatic rings. The van der Waals surface area contributed by atoms with Crippen molar-refractivity contribution in [3.8, 4) is 0 Å². The van der Waals surface area contributed by atoms with Gasteiger partial charge in [-0.05, 0) is 17.7 Å². The van der Waals surface area contributed by atoms with Crippen molar-refractivity contribution in [3.63, 3.8) is 0 Å². The van der Waals surface area contributed by atoms with Crippen LogP contribution in [0.5, 0.6) is 0 Å². The van der Waals surface area contributed by atoms with Crippen LogP contribution in [0.25, 0.3) is 0 Å². The van der Waals surface area contributed by atoms with Crippen molar-refractivity contribution in [2.24, 2.45) is 0 Å². The lowest BCUT2D eigenvalue weighted by Crippen LogP contribution is -1.90. The summed E-state index contributed by atoms with van der Waals surface area (Å²) in [5.74, 6) is -1.38. The summed E-state index contributed by atoms with van der Waals surface area (Å²) in [7, 11) is 0. The van der Waals surface area contributed by atoms with Gasteiger partial charge in [-0.3, -0.25) is 4.79 Å². The molecule has 82 valence electrons. The normalized spacial score (nSPS) is 10.4. The molecule has 0 N–H and O–H groups in total. The summed E-state index contributed by atoms with van der Waals surface area (Å²) in [5, 5.41) is 3.46. The van der Waals surface area contributed by atoms with Crippen molar-refractivity contribution < 1.29 is 18.1 Å². The lowest BCUT2D eigenvalue weighted by atomic mass is 10.1. The maximum atomic E-state index is 12.9. The highest BCUT2D eigenvalue weighted by atomic mass is 19.2. The predicted molar refractivity (Wildman–Crippen MR) is 51.1 cm³/mol. The molecule has 0 spiro atoms. The molecule has 0 aliphatic rings. The van der Waals surface area contributed by atoms with Gasteiger partial charge >= 0.3 is 0 Å². The van der Waals surface area contributed by atoms with E-state index in [1.807, 2.05) is 0 Å². The van der Waals surface area contributed by atoms with E-state index in [0.29, 0.717) is 17.6 Å². The SMILES string of the molecule is O=Cc1cc(Cc2ccc(F)c(F)c2)on1. The van der Waals surface area contributed by atoms with E-state index >= 15 is 0 Å². The monoisotopic (exact) mass is 223 g/mol. The maximum Gasteiger partial charge on any atom is 0.171 e. The summed E-state index contributed by atoms with van der Waals surface area (Å²) in [6.45, 7) is 0. The van der Waals surface area contributed by atoms with Gasteiger partial charge in [0.05, 0.1) is 0 Å². The molecule has 0 aliphatic heterocycles. The van der Waals surface area contributed by atoms with Crippen LogP contribution in [0.2, 0.25) is 0 Å². The lowest BCUT2D eigenvalue weighted by molar-refractivity contribution is 0.111. The lowest BCUT2D eigenvalue weighted by Gasteiger charge is -1.98. The molecule has 2 rings (SSSR count). The molecule has 0 amide bonds. The summed E-state index contributed by atoms with van der Waals surface area (Å²) < 4.78 is 30.3. The number of hydrogen-bond acceptors (Lipinski definition) is 3. The fraction of sp³-hybridized carbons (Fsp3) is 0.0909. The summed E-state index contributed by atoms with van der Waals surface area (Å²) in [6, 6.07) is 5.02. The average molecular weight is 223 g/mol. The Labute approximate surface area is 89.7 Å². The van der Waals surface area contributed by atoms with Gasteiger partial charge in [-0.1, -0.05) is 11.2 Å². The maximum absolute atomic E-state index is 12.9. The molecule has 0 bridgehead atoms. The number of benzene rings is 1. The van der Waals surface area contributed by atoms with E-state index in [1.165, 1.54) is 12.1 Å². The van der Waals surface area contributed by atoms with Crippen molar-refractivity contribution in [2.45, 2.75) is 6.42 Å². The van der Waals surface area contributed by atoms with Gasteiger partial charge in [0.1, 0.15) is 11.5 Å². The van der Waals surface area contributed by atoms with E-state index in [4.69, 9.17) is 4.52 Å². The molecule has 1 aromatic carbocycles. The highest BCUT2D eigenvalue weighted by Gasteiger charge is 2.07. The topological polar surface area (TPSA) is 43.1 Å². The van der Waals surface area contributed by atoms with Crippen molar-refractivity contribution in [3.05, 3.63) is 52.9 Å². The zero-order valence-electron chi connectivity index (χ0n) is 8.11. The molecular weight excluding hydrogens is 216 g/mol. The van der Waals surface area contributed by atoms with E-state index in [1.54, 1.807) is 0 Å². The summed E-state index contributed by atoms with van der Waals surface area (Å²) in [6.07, 6.45) is 0.816. The first-order valence-electron chi connectivity index (χ1n) is 4.54. The van der Waals surface area contributed by atoms with Crippen LogP contribution in [0.3, 0.4) is 0 Å². The number of nitrogens with zero attached hydrogens (tertiary/aromatic N) is 1. The van der Waals surface area contributed by atoms with Crippen LogP contribution in [0, 0.1) is 11.6 Å². The third-order valence-electron chi connectivity index (χ3n) is 2.06. The number of aromatic nitrogens is 1. The molecule has 3 nitrogen and oxygen atoms in total. The fourth-order valence-electron chi connectivity index (χ4n) is 1.32. The molecule has 0 radical (unpaired) electrons. The number of hydrogen-bond donors (Lipinski definition) is 0. The largest absolute Gasteiger partial charge is 0.360 e. The Hall–Kier alpha value is -2.04. The first-order valence-corrected chi connectivity index (χ1v) is 4.54. The first kappa shape index (κ1) is 10.5. The standard InChI is InChI=1S/C11H7F2NO2/c12-10-2-1-7(4-11(10)13)3-9-5-8(6-15)14-16-9/h1-2,4-6H,3H2. The summed E-state index contributed by atoms with van der Waals surface area (Å²) >= 11 is 0. The van der Waals surface area contributed by atoms with Crippen LogP contribution in [-0.4, -0.2) is 11.4 Å². The Kier molecular flexibility index (Phi) is 2.76. The van der Waals surface area contributed by atoms with Crippen LogP contribution in [0.1, 0.15) is 21.8 Å². The fourth-order valence-corrected chi connectivity index (χ4v) is 1.32. The first-order chi connectivity index (χ1) is 7.69. The number of aldehydes is 1. The van der Waals surface area contributed by atoms with Gasteiger partial charge in [-0.15, -0.1) is 0 Å². The van der Waals surface area contributed by atoms with Crippen LogP contribution in [0.15, 0.2) is 28.8 Å². The van der Waals surface area contributed by atoms with Gasteiger partial charge in [-0.25, -0.2) is 8.78 Å². The van der Waals surface area contributed by atoms with E-state index < -0.39 is 11.6 Å². The van der Waals surface area contributed by atoms with Gasteiger partial charge in [0.15, 0.2) is 17.9 Å². The van der Waals surface area contributed by atoms with E-state index in [2.05, 4.69) is 5.16 Å². The summed E-state index contributed by atoms with van der Waals surface area (Å²) in [4.78, 5) is 10.3. The number of halogens is 2. The third kappa shape index (κ3) is 2.13. The molecule has 1 heterocycles. The van der Waals surface area contributed by atoms with Gasteiger partial charge in [0.25, 0.3) is 0 Å². The van der Waals surface area contributed by atoms with Gasteiger partial charge in [-0.2, -0.15) is 0 Å². The molecule has 1 aromatic heterocycles. The van der Waals surface area contributed by atoms with Crippen LogP contribution in [0.4, 0.5) is 8.78 Å². The minimum Gasteiger partial charge on any atom is -0.360 e. The van der Waals surface area contributed by atoms with Crippen molar-refractivity contribution >= 4 is 6.29 Å². The highest BCUT2D eigenvalue weighted by Crippen LogP contribution is 2.13. The Morgan fingerprint density at radius 1 is 1.25 bits per heavy atom. The predicted octanol–water partition coefficient (Wildman–Crippen LogP) is 2.36. The number of carbonyl (C=O) groups is 1. The summed E-state index contributed by atoms with van der Waals surface area (Å²) in [5.41, 5.74) is 0.727. The van der Waals surface area contributed by atoms with Crippen LogP contribution >= 0.6 is 0 Å². The second-order valence-electron chi connectivity index (χ2n) is 3.26. The molecule has 0 saturated carbocycles. The Morgan fingerprint density at radius 2 is 2.06 bits per heavy atom. The molecular formula is C11H7F2NO2. The smallest absolute Gasteiger partial charge is 0.171 e. The Balaban J connectivity index is 2.20.